The molecule has 0 heterocycles. The molecule has 8 heteroatoms. The molecular formula is C18H25BrO6S. The Hall–Kier alpha value is -1.28. The molecule has 1 aromatic rings. The molecule has 0 unspecified atom stereocenters. The van der Waals surface area contributed by atoms with Gasteiger partial charge >= 0.3 is 5.97 Å². The van der Waals surface area contributed by atoms with Crippen LogP contribution in [0.15, 0.2) is 16.6 Å². The zero-order valence-corrected chi connectivity index (χ0v) is 17.7. The van der Waals surface area contributed by atoms with E-state index < -0.39 is 15.1 Å². The van der Waals surface area contributed by atoms with Crippen LogP contribution in [0, 0.1) is 0 Å². The van der Waals surface area contributed by atoms with E-state index >= 15 is 0 Å². The summed E-state index contributed by atoms with van der Waals surface area (Å²) in [7, 11) is -3.09. The van der Waals surface area contributed by atoms with E-state index in [1.54, 1.807) is 12.1 Å². The first-order valence-electron chi connectivity index (χ1n) is 8.70. The zero-order valence-electron chi connectivity index (χ0n) is 15.3. The van der Waals surface area contributed by atoms with Crippen LogP contribution < -0.4 is 9.47 Å². The lowest BCUT2D eigenvalue weighted by Gasteiger charge is -2.15. The van der Waals surface area contributed by atoms with Crippen LogP contribution in [0.4, 0.5) is 0 Å². The number of ether oxygens (including phenoxy) is 3. The van der Waals surface area contributed by atoms with Crippen LogP contribution in [0.1, 0.15) is 38.7 Å². The molecule has 1 saturated carbocycles. The predicted octanol–water partition coefficient (Wildman–Crippen LogP) is 3.30. The van der Waals surface area contributed by atoms with Gasteiger partial charge in [0.25, 0.3) is 0 Å². The molecule has 1 fully saturated rings. The van der Waals surface area contributed by atoms with Gasteiger partial charge < -0.3 is 14.2 Å². The summed E-state index contributed by atoms with van der Waals surface area (Å²) in [5.74, 6) is 0.819. The van der Waals surface area contributed by atoms with Gasteiger partial charge in [-0.15, -0.1) is 0 Å². The van der Waals surface area contributed by atoms with Gasteiger partial charge in [-0.2, -0.15) is 0 Å². The Morgan fingerprint density at radius 2 is 1.77 bits per heavy atom. The van der Waals surface area contributed by atoms with E-state index in [4.69, 9.17) is 14.2 Å². The number of benzene rings is 1. The second-order valence-corrected chi connectivity index (χ2v) is 9.49. The number of rotatable bonds is 8. The summed E-state index contributed by atoms with van der Waals surface area (Å²) in [6, 6.07) is 3.56. The van der Waals surface area contributed by atoms with Gasteiger partial charge in [-0.05, 0) is 44.4 Å². The number of carbonyl (C=O) groups excluding carboxylic acids is 1. The van der Waals surface area contributed by atoms with Crippen molar-refractivity contribution in [3.63, 3.8) is 0 Å². The van der Waals surface area contributed by atoms with Crippen molar-refractivity contribution in [2.75, 3.05) is 19.5 Å². The van der Waals surface area contributed by atoms with Crippen LogP contribution in [0.25, 0.3) is 0 Å². The molecule has 0 radical (unpaired) electrons. The van der Waals surface area contributed by atoms with E-state index in [0.717, 1.165) is 10.0 Å². The molecule has 26 heavy (non-hydrogen) atoms. The lowest BCUT2D eigenvalue weighted by atomic mass is 10.1. The molecule has 6 nitrogen and oxygen atoms in total. The van der Waals surface area contributed by atoms with Gasteiger partial charge in [0.1, 0.15) is 15.9 Å². The Kier molecular flexibility index (Phi) is 7.34. The Bertz CT molecular complexity index is 746. The van der Waals surface area contributed by atoms with Crippen molar-refractivity contribution in [3.05, 3.63) is 22.2 Å². The smallest absolute Gasteiger partial charge is 0.310 e. The highest BCUT2D eigenvalue weighted by molar-refractivity contribution is 9.10. The minimum absolute atomic E-state index is 0.0765. The summed E-state index contributed by atoms with van der Waals surface area (Å²) >= 11 is 3.46. The molecule has 146 valence electrons. The van der Waals surface area contributed by atoms with Crippen LogP contribution in [0.5, 0.6) is 11.5 Å². The van der Waals surface area contributed by atoms with Crippen molar-refractivity contribution in [2.24, 2.45) is 0 Å². The van der Waals surface area contributed by atoms with Crippen molar-refractivity contribution in [3.8, 4) is 11.5 Å². The predicted molar refractivity (Wildman–Crippen MR) is 103 cm³/mol. The molecule has 1 aromatic carbocycles. The zero-order chi connectivity index (χ0) is 19.3. The lowest BCUT2D eigenvalue weighted by Crippen LogP contribution is -2.21. The van der Waals surface area contributed by atoms with Gasteiger partial charge in [0.05, 0.1) is 24.9 Å². The van der Waals surface area contributed by atoms with Crippen molar-refractivity contribution in [2.45, 2.75) is 50.9 Å². The minimum atomic E-state index is -3.09. The van der Waals surface area contributed by atoms with E-state index in [0.29, 0.717) is 44.0 Å². The number of hydrogen-bond acceptors (Lipinski definition) is 6. The molecule has 0 saturated heterocycles. The average molecular weight is 449 g/mol. The fourth-order valence-corrected chi connectivity index (χ4v) is 4.62. The molecule has 0 bridgehead atoms. The highest BCUT2D eigenvalue weighted by atomic mass is 79.9. The normalized spacial score (nSPS) is 20.0. The molecular weight excluding hydrogens is 424 g/mol. The molecule has 0 aliphatic heterocycles. The van der Waals surface area contributed by atoms with Crippen LogP contribution in [0.2, 0.25) is 0 Å². The maximum atomic E-state index is 12.3. The summed E-state index contributed by atoms with van der Waals surface area (Å²) < 4.78 is 40.6. The second-order valence-electron chi connectivity index (χ2n) is 6.31. The van der Waals surface area contributed by atoms with Crippen molar-refractivity contribution in [1.82, 2.24) is 0 Å². The number of sulfone groups is 1. The maximum absolute atomic E-state index is 12.3. The molecule has 0 N–H and O–H groups in total. The third-order valence-electron chi connectivity index (χ3n) is 4.29. The fraction of sp³-hybridized carbons (Fsp3) is 0.611. The van der Waals surface area contributed by atoms with Crippen LogP contribution in [-0.2, 0) is 25.8 Å². The van der Waals surface area contributed by atoms with Gasteiger partial charge in [-0.3, -0.25) is 4.79 Å². The summed E-state index contributed by atoms with van der Waals surface area (Å²) in [5.41, 5.74) is 0.736. The molecule has 2 rings (SSSR count). The first-order valence-corrected chi connectivity index (χ1v) is 11.5. The Labute approximate surface area is 163 Å². The van der Waals surface area contributed by atoms with Gasteiger partial charge in [-0.1, -0.05) is 15.9 Å². The van der Waals surface area contributed by atoms with E-state index in [-0.39, 0.29) is 18.5 Å². The van der Waals surface area contributed by atoms with E-state index in [2.05, 4.69) is 15.9 Å². The molecule has 1 aliphatic rings. The number of hydrogen-bond donors (Lipinski definition) is 0. The number of carbonyl (C=O) groups is 1. The van der Waals surface area contributed by atoms with Gasteiger partial charge in [0, 0.05) is 17.1 Å². The van der Waals surface area contributed by atoms with Gasteiger partial charge in [0.2, 0.25) is 0 Å². The third kappa shape index (κ3) is 5.61. The monoisotopic (exact) mass is 448 g/mol. The Morgan fingerprint density at radius 3 is 2.31 bits per heavy atom. The van der Waals surface area contributed by atoms with E-state index in [9.17, 15) is 13.2 Å². The standard InChI is InChI=1S/C18H25BrO6S/c1-4-23-16-8-12(15(19)11-17(16)24-5-2)9-18(20)25-13-6-7-14(10-13)26(3,21)22/h8,11,13-14H,4-7,9-10H2,1-3H3/t13-,14+/m0/s1. The van der Waals surface area contributed by atoms with E-state index in [1.807, 2.05) is 13.8 Å². The average Bonchev–Trinajstić information content (AvgIpc) is 3.00. The lowest BCUT2D eigenvalue weighted by molar-refractivity contribution is -0.147. The van der Waals surface area contributed by atoms with E-state index in [1.165, 1.54) is 6.26 Å². The van der Waals surface area contributed by atoms with Crippen LogP contribution >= 0.6 is 15.9 Å². The number of esters is 1. The summed E-state index contributed by atoms with van der Waals surface area (Å²) in [6.45, 7) is 4.77. The van der Waals surface area contributed by atoms with Gasteiger partial charge in [-0.25, -0.2) is 8.42 Å². The molecule has 1 aliphatic carbocycles. The molecule has 0 spiro atoms. The third-order valence-corrected chi connectivity index (χ3v) is 6.66. The largest absolute Gasteiger partial charge is 0.490 e. The molecule has 0 aromatic heterocycles. The van der Waals surface area contributed by atoms with Crippen LogP contribution in [-0.4, -0.2) is 45.2 Å². The van der Waals surface area contributed by atoms with Crippen molar-refractivity contribution >= 4 is 31.7 Å². The topological polar surface area (TPSA) is 78.9 Å². The van der Waals surface area contributed by atoms with Crippen LogP contribution in [0.3, 0.4) is 0 Å². The maximum Gasteiger partial charge on any atom is 0.310 e. The van der Waals surface area contributed by atoms with Crippen molar-refractivity contribution in [1.29, 1.82) is 0 Å². The Morgan fingerprint density at radius 1 is 1.15 bits per heavy atom. The summed E-state index contributed by atoms with van der Waals surface area (Å²) in [5, 5.41) is -0.415. The molecule has 2 atom stereocenters. The second kappa shape index (κ2) is 9.08. The van der Waals surface area contributed by atoms with Crippen molar-refractivity contribution < 1.29 is 27.4 Å². The minimum Gasteiger partial charge on any atom is -0.490 e. The SMILES string of the molecule is CCOc1cc(Br)c(CC(=O)O[C@H]2CC[C@@H](S(C)(=O)=O)C2)cc1OCC. The summed E-state index contributed by atoms with van der Waals surface area (Å²) in [4.78, 5) is 12.3. The number of halogens is 1. The highest BCUT2D eigenvalue weighted by Crippen LogP contribution is 2.34. The highest BCUT2D eigenvalue weighted by Gasteiger charge is 2.33. The quantitative estimate of drug-likeness (QED) is 0.567. The fourth-order valence-electron chi connectivity index (χ4n) is 3.03. The Balaban J connectivity index is 2.03. The summed E-state index contributed by atoms with van der Waals surface area (Å²) in [6.07, 6.45) is 2.46. The van der Waals surface area contributed by atoms with Gasteiger partial charge in [0.15, 0.2) is 11.5 Å². The molecule has 0 amide bonds. The first-order chi connectivity index (χ1) is 12.2. The first kappa shape index (κ1) is 21.0.